The zero-order valence-electron chi connectivity index (χ0n) is 33.2. The van der Waals surface area contributed by atoms with E-state index in [1.165, 1.54) is 11.1 Å². The van der Waals surface area contributed by atoms with E-state index in [0.29, 0.717) is 17.0 Å². The second-order valence-electron chi connectivity index (χ2n) is 16.7. The van der Waals surface area contributed by atoms with Gasteiger partial charge in [-0.2, -0.15) is 0 Å². The second-order valence-corrected chi connectivity index (χ2v) is 59.2. The Balaban J connectivity index is 1.52. The zero-order valence-corrected chi connectivity index (χ0v) is 38.3. The summed E-state index contributed by atoms with van der Waals surface area (Å²) in [5.74, 6) is -1.48. The number of hydrogen-bond donors (Lipinski definition) is 0. The first-order chi connectivity index (χ1) is 26.8. The third kappa shape index (κ3) is 6.94. The van der Waals surface area contributed by atoms with Crippen LogP contribution >= 0.6 is 17.0 Å². The van der Waals surface area contributed by atoms with Crippen LogP contribution in [-0.4, -0.2) is 24.5 Å². The van der Waals surface area contributed by atoms with Gasteiger partial charge in [-0.05, 0) is 0 Å². The molecule has 58 heavy (non-hydrogen) atoms. The standard InChI is InChI=1S/C23H27.C20H12F9.C2H7Si.2ClH.Zr/c1-5-7-17(4)21-14-20-8-6-9-22(23(20)15-21)19-12-10-18(11-13-19)16(2)3;1-11-9-13-3-2-4-15(16(13)10-11)12-5-7-14(8-6-12)17(18(21,22)23,19(24,25)26)20(27,28)29;1-3-2;;;/h6,8-17H,5,7H2,1-4H3;2-10H,1H3;3H,1-2H3;2*1H;/q;;;;;+2/p-2. The molecule has 0 saturated carbocycles. The molecule has 0 aromatic heterocycles. The van der Waals surface area contributed by atoms with Crippen LogP contribution in [0.25, 0.3) is 34.4 Å². The van der Waals surface area contributed by atoms with E-state index in [2.05, 4.69) is 89.3 Å². The van der Waals surface area contributed by atoms with Gasteiger partial charge in [0.1, 0.15) is 0 Å². The van der Waals surface area contributed by atoms with Gasteiger partial charge in [0.15, 0.2) is 0 Å². The fraction of sp³-hybridized carbons (Fsp3) is 0.378. The number of benzene rings is 4. The molecule has 0 saturated heterocycles. The van der Waals surface area contributed by atoms with Gasteiger partial charge in [-0.25, -0.2) is 0 Å². The molecule has 0 fully saturated rings. The Hall–Kier alpha value is -2.59. The molecule has 0 spiro atoms. The van der Waals surface area contributed by atoms with Crippen LogP contribution in [0, 0.1) is 5.92 Å². The molecular formula is C45H46Cl2F9SiZr. The molecule has 6 rings (SSSR count). The maximum atomic E-state index is 14.0. The van der Waals surface area contributed by atoms with Crippen LogP contribution < -0.4 is 0 Å². The van der Waals surface area contributed by atoms with E-state index in [1.807, 2.05) is 19.1 Å². The molecule has 13 heteroatoms. The van der Waals surface area contributed by atoms with Gasteiger partial charge >= 0.3 is 345 Å². The molecular weight excluding hydrogens is 902 g/mol. The summed E-state index contributed by atoms with van der Waals surface area (Å²) in [5.41, 5.74) is 1.71. The monoisotopic (exact) mass is 945 g/mol. The minimum atomic E-state index is -6.71. The van der Waals surface area contributed by atoms with Gasteiger partial charge in [0.2, 0.25) is 0 Å². The number of fused-ring (bicyclic) bond motifs is 2. The molecule has 2 aliphatic carbocycles. The van der Waals surface area contributed by atoms with E-state index in [1.54, 1.807) is 12.1 Å². The fourth-order valence-electron chi connectivity index (χ4n) is 9.61. The number of hydrogen-bond acceptors (Lipinski definition) is 0. The summed E-state index contributed by atoms with van der Waals surface area (Å²) in [6.45, 7) is 15.0. The average Bonchev–Trinajstić information content (AvgIpc) is 3.69. The molecule has 311 valence electrons. The van der Waals surface area contributed by atoms with Gasteiger partial charge in [-0.1, -0.05) is 0 Å². The molecule has 4 aromatic carbocycles. The van der Waals surface area contributed by atoms with Crippen molar-refractivity contribution in [3.63, 3.8) is 0 Å². The molecule has 0 heterocycles. The molecule has 0 nitrogen and oxygen atoms in total. The molecule has 0 radical (unpaired) electrons. The Labute approximate surface area is 343 Å². The van der Waals surface area contributed by atoms with Crippen LogP contribution in [0.3, 0.4) is 0 Å². The molecule has 0 bridgehead atoms. The Morgan fingerprint density at radius 1 is 0.638 bits per heavy atom. The first-order valence-electron chi connectivity index (χ1n) is 19.5. The third-order valence-corrected chi connectivity index (χ3v) is 64.6. The van der Waals surface area contributed by atoms with Gasteiger partial charge in [0, 0.05) is 0 Å². The number of allylic oxidation sites excluding steroid dienone is 2. The zero-order chi connectivity index (χ0) is 43.0. The topological polar surface area (TPSA) is 0 Å². The van der Waals surface area contributed by atoms with Crippen molar-refractivity contribution >= 4 is 35.1 Å². The van der Waals surface area contributed by atoms with E-state index in [4.69, 9.17) is 17.0 Å². The van der Waals surface area contributed by atoms with Crippen LogP contribution in [0.5, 0.6) is 0 Å². The van der Waals surface area contributed by atoms with Crippen LogP contribution in [0.15, 0.2) is 96.1 Å². The Kier molecular flexibility index (Phi) is 11.9. The van der Waals surface area contributed by atoms with Crippen molar-refractivity contribution in [1.29, 1.82) is 0 Å². The summed E-state index contributed by atoms with van der Waals surface area (Å²) in [7, 11) is 17.0. The van der Waals surface area contributed by atoms with Crippen molar-refractivity contribution in [3.8, 4) is 22.3 Å². The van der Waals surface area contributed by atoms with E-state index < -0.39 is 51.0 Å². The maximum absolute atomic E-state index is 14.0. The number of halogens is 11. The van der Waals surface area contributed by atoms with Crippen molar-refractivity contribution in [2.24, 2.45) is 5.92 Å². The Bertz CT molecular complexity index is 2210. The Morgan fingerprint density at radius 2 is 1.09 bits per heavy atom. The second kappa shape index (κ2) is 15.4. The number of rotatable bonds is 10. The van der Waals surface area contributed by atoms with Gasteiger partial charge < -0.3 is 0 Å². The molecule has 4 aromatic rings. The summed E-state index contributed by atoms with van der Waals surface area (Å²) in [6.07, 6.45) is -14.0. The van der Waals surface area contributed by atoms with Gasteiger partial charge in [0.25, 0.3) is 0 Å². The predicted molar refractivity (Wildman–Crippen MR) is 219 cm³/mol. The molecule has 3 unspecified atom stereocenters. The van der Waals surface area contributed by atoms with Gasteiger partial charge in [-0.3, -0.25) is 0 Å². The van der Waals surface area contributed by atoms with Crippen LogP contribution in [-0.2, 0) is 21.0 Å². The third-order valence-electron chi connectivity index (χ3n) is 12.7. The normalized spacial score (nSPS) is 18.8. The first kappa shape index (κ1) is 44.9. The van der Waals surface area contributed by atoms with Gasteiger partial charge in [-0.15, -0.1) is 0 Å². The molecule has 3 atom stereocenters. The van der Waals surface area contributed by atoms with Gasteiger partial charge in [0.05, 0.1) is 0 Å². The summed E-state index contributed by atoms with van der Waals surface area (Å²) < 4.78 is 125. The molecule has 0 amide bonds. The molecule has 2 aliphatic rings. The summed E-state index contributed by atoms with van der Waals surface area (Å²) in [6, 6.07) is 22.6. The summed E-state index contributed by atoms with van der Waals surface area (Å²) in [4.78, 5) is 0. The predicted octanol–water partition coefficient (Wildman–Crippen LogP) is 16.1. The van der Waals surface area contributed by atoms with E-state index in [9.17, 15) is 39.5 Å². The molecule has 0 N–H and O–H groups in total. The first-order valence-corrected chi connectivity index (χ1v) is 35.8. The van der Waals surface area contributed by atoms with Crippen molar-refractivity contribution in [2.45, 2.75) is 97.7 Å². The van der Waals surface area contributed by atoms with Crippen molar-refractivity contribution in [2.75, 3.05) is 0 Å². The van der Waals surface area contributed by atoms with E-state index >= 15 is 0 Å². The van der Waals surface area contributed by atoms with E-state index in [0.717, 1.165) is 58.4 Å². The van der Waals surface area contributed by atoms with Crippen LogP contribution in [0.4, 0.5) is 39.5 Å². The summed E-state index contributed by atoms with van der Waals surface area (Å²) >= 11 is -5.31. The fourth-order valence-corrected chi connectivity index (χ4v) is 41.7. The number of alkyl halides is 9. The van der Waals surface area contributed by atoms with Crippen LogP contribution in [0.2, 0.25) is 13.1 Å². The van der Waals surface area contributed by atoms with Crippen molar-refractivity contribution < 1.29 is 55.1 Å². The average molecular weight is 948 g/mol. The van der Waals surface area contributed by atoms with E-state index in [-0.39, 0.29) is 30.9 Å². The van der Waals surface area contributed by atoms with Crippen molar-refractivity contribution in [1.82, 2.24) is 0 Å². The Morgan fingerprint density at radius 3 is 1.52 bits per heavy atom. The molecule has 0 aliphatic heterocycles. The summed E-state index contributed by atoms with van der Waals surface area (Å²) in [5, 5.41) is 0. The van der Waals surface area contributed by atoms with Crippen molar-refractivity contribution in [3.05, 3.63) is 129 Å². The SMILES string of the molecule is CCCC(C)C1=Cc2c(-c3ccc(C(C)C)cc3)cccc2[CH]1[Zr]([Cl])([Cl])([CH]1C(C)=Cc2c(-c3ccc(C(C(F)(F)F)(C(F)(F)F)C(F)(F)F)cc3)cccc21)[SiH](C)C. The minimum absolute atomic E-state index is 0.156. The van der Waals surface area contributed by atoms with Crippen LogP contribution in [0.1, 0.15) is 94.0 Å². The quantitative estimate of drug-likeness (QED) is 0.110.